The van der Waals surface area contributed by atoms with E-state index in [2.05, 4.69) is 9.88 Å². The minimum Gasteiger partial charge on any atom is -0.497 e. The normalized spacial score (nSPS) is 14.7. The summed E-state index contributed by atoms with van der Waals surface area (Å²) < 4.78 is 16.1. The molecule has 1 aliphatic heterocycles. The Hall–Kier alpha value is -3.32. The number of oxazole rings is 1. The Labute approximate surface area is 194 Å². The number of benzene rings is 2. The molecule has 4 rings (SSSR count). The van der Waals surface area contributed by atoms with E-state index >= 15 is 0 Å². The van der Waals surface area contributed by atoms with Gasteiger partial charge >= 0.3 is 0 Å². The van der Waals surface area contributed by atoms with Crippen LogP contribution in [-0.2, 0) is 17.8 Å². The van der Waals surface area contributed by atoms with Crippen LogP contribution in [0.15, 0.2) is 59.2 Å². The number of hydrogen-bond acceptors (Lipinski definition) is 6. The van der Waals surface area contributed by atoms with E-state index in [1.807, 2.05) is 53.4 Å². The summed E-state index contributed by atoms with van der Waals surface area (Å²) in [5.41, 5.74) is 2.98. The van der Waals surface area contributed by atoms with Crippen molar-refractivity contribution in [2.75, 3.05) is 40.4 Å². The summed E-state index contributed by atoms with van der Waals surface area (Å²) in [6, 6.07) is 15.6. The number of aromatic nitrogens is 1. The monoisotopic (exact) mass is 449 g/mol. The number of carbonyl (C=O) groups excluding carboxylic acids is 1. The number of amides is 1. The Morgan fingerprint density at radius 1 is 0.939 bits per heavy atom. The summed E-state index contributed by atoms with van der Waals surface area (Å²) in [6.07, 6.45) is 3.96. The van der Waals surface area contributed by atoms with Gasteiger partial charge in [0.05, 0.1) is 19.9 Å². The van der Waals surface area contributed by atoms with E-state index in [9.17, 15) is 4.79 Å². The molecule has 3 aromatic rings. The molecule has 1 aliphatic rings. The van der Waals surface area contributed by atoms with Crippen molar-refractivity contribution in [3.63, 3.8) is 0 Å². The zero-order chi connectivity index (χ0) is 23.0. The van der Waals surface area contributed by atoms with Crippen molar-refractivity contribution in [3.8, 4) is 23.0 Å². The number of ether oxygens (including phenoxy) is 2. The third-order valence-corrected chi connectivity index (χ3v) is 6.00. The van der Waals surface area contributed by atoms with Gasteiger partial charge in [-0.25, -0.2) is 4.98 Å². The summed E-state index contributed by atoms with van der Waals surface area (Å²) >= 11 is 0. The second-order valence-corrected chi connectivity index (χ2v) is 8.23. The molecule has 0 bridgehead atoms. The summed E-state index contributed by atoms with van der Waals surface area (Å²) in [4.78, 5) is 21.8. The molecule has 1 amide bonds. The quantitative estimate of drug-likeness (QED) is 0.517. The first-order chi connectivity index (χ1) is 16.1. The lowest BCUT2D eigenvalue weighted by molar-refractivity contribution is -0.131. The molecule has 0 aliphatic carbocycles. The summed E-state index contributed by atoms with van der Waals surface area (Å²) in [5.74, 6) is 2.47. The lowest BCUT2D eigenvalue weighted by atomic mass is 10.1. The van der Waals surface area contributed by atoms with Crippen molar-refractivity contribution >= 4 is 5.91 Å². The molecule has 1 saturated heterocycles. The Morgan fingerprint density at radius 3 is 2.33 bits per heavy atom. The van der Waals surface area contributed by atoms with Crippen molar-refractivity contribution < 1.29 is 18.7 Å². The smallest absolute Gasteiger partial charge is 0.226 e. The van der Waals surface area contributed by atoms with Gasteiger partial charge in [0.2, 0.25) is 11.8 Å². The van der Waals surface area contributed by atoms with E-state index in [1.54, 1.807) is 20.5 Å². The average Bonchev–Trinajstić information content (AvgIpc) is 3.20. The Kier molecular flexibility index (Phi) is 7.62. The summed E-state index contributed by atoms with van der Waals surface area (Å²) in [5, 5.41) is 0. The van der Waals surface area contributed by atoms with E-state index < -0.39 is 0 Å². The van der Waals surface area contributed by atoms with E-state index in [-0.39, 0.29) is 5.91 Å². The fourth-order valence-corrected chi connectivity index (χ4v) is 4.05. The largest absolute Gasteiger partial charge is 0.497 e. The minimum atomic E-state index is 0.218. The SMILES string of the molecule is COc1ccc(CCC(=O)N2CCCN(Cc3coc(-c4ccc(OC)cc4)n3)CC2)cc1. The highest BCUT2D eigenvalue weighted by atomic mass is 16.5. The number of carbonyl (C=O) groups is 1. The molecule has 2 aromatic carbocycles. The van der Waals surface area contributed by atoms with Crippen LogP contribution in [0.25, 0.3) is 11.5 Å². The Balaban J connectivity index is 1.26. The molecule has 0 unspecified atom stereocenters. The fourth-order valence-electron chi connectivity index (χ4n) is 4.05. The van der Waals surface area contributed by atoms with Gasteiger partial charge in [-0.3, -0.25) is 9.69 Å². The first-order valence-electron chi connectivity index (χ1n) is 11.4. The van der Waals surface area contributed by atoms with Crippen LogP contribution in [0.4, 0.5) is 0 Å². The van der Waals surface area contributed by atoms with Gasteiger partial charge in [0, 0.05) is 44.7 Å². The molecule has 7 heteroatoms. The average molecular weight is 450 g/mol. The topological polar surface area (TPSA) is 68.0 Å². The molecule has 2 heterocycles. The van der Waals surface area contributed by atoms with Gasteiger partial charge in [-0.1, -0.05) is 12.1 Å². The highest BCUT2D eigenvalue weighted by Gasteiger charge is 2.20. The second-order valence-electron chi connectivity index (χ2n) is 8.23. The Bertz CT molecular complexity index is 1030. The van der Waals surface area contributed by atoms with Gasteiger partial charge in [-0.05, 0) is 54.8 Å². The molecule has 0 N–H and O–H groups in total. The molecule has 1 aromatic heterocycles. The van der Waals surface area contributed by atoms with Crippen LogP contribution in [0.1, 0.15) is 24.1 Å². The van der Waals surface area contributed by atoms with Gasteiger partial charge < -0.3 is 18.8 Å². The second kappa shape index (κ2) is 11.0. The van der Waals surface area contributed by atoms with Crippen LogP contribution >= 0.6 is 0 Å². The lowest BCUT2D eigenvalue weighted by Gasteiger charge is -2.21. The molecule has 1 fully saturated rings. The number of hydrogen-bond donors (Lipinski definition) is 0. The van der Waals surface area contributed by atoms with Crippen molar-refractivity contribution in [3.05, 3.63) is 66.1 Å². The van der Waals surface area contributed by atoms with Crippen LogP contribution in [-0.4, -0.2) is 61.1 Å². The van der Waals surface area contributed by atoms with Crippen molar-refractivity contribution in [1.29, 1.82) is 0 Å². The number of rotatable bonds is 8. The first kappa shape index (κ1) is 22.9. The molecular weight excluding hydrogens is 418 g/mol. The maximum atomic E-state index is 12.8. The van der Waals surface area contributed by atoms with Crippen LogP contribution in [0, 0.1) is 0 Å². The molecule has 7 nitrogen and oxygen atoms in total. The standard InChI is InChI=1S/C26H31N3O4/c1-31-23-9-4-20(5-10-23)6-13-25(30)29-15-3-14-28(16-17-29)18-22-19-33-26(27-22)21-7-11-24(32-2)12-8-21/h4-5,7-12,19H,3,6,13-18H2,1-2H3. The highest BCUT2D eigenvalue weighted by Crippen LogP contribution is 2.22. The van der Waals surface area contributed by atoms with Crippen LogP contribution in [0.2, 0.25) is 0 Å². The number of nitrogens with zero attached hydrogens (tertiary/aromatic N) is 3. The van der Waals surface area contributed by atoms with Gasteiger partial charge in [0.25, 0.3) is 0 Å². The third-order valence-electron chi connectivity index (χ3n) is 6.00. The molecule has 0 saturated carbocycles. The predicted octanol–water partition coefficient (Wildman–Crippen LogP) is 4.03. The van der Waals surface area contributed by atoms with Crippen LogP contribution < -0.4 is 9.47 Å². The lowest BCUT2D eigenvalue weighted by Crippen LogP contribution is -2.35. The minimum absolute atomic E-state index is 0.218. The van der Waals surface area contributed by atoms with Crippen molar-refractivity contribution in [2.45, 2.75) is 25.8 Å². The zero-order valence-electron chi connectivity index (χ0n) is 19.3. The molecule has 33 heavy (non-hydrogen) atoms. The van der Waals surface area contributed by atoms with Gasteiger partial charge in [-0.2, -0.15) is 0 Å². The molecule has 0 spiro atoms. The van der Waals surface area contributed by atoms with Gasteiger partial charge in [0.15, 0.2) is 0 Å². The van der Waals surface area contributed by atoms with E-state index in [1.165, 1.54) is 0 Å². The van der Waals surface area contributed by atoms with E-state index in [4.69, 9.17) is 13.9 Å². The molecule has 0 radical (unpaired) electrons. The number of aryl methyl sites for hydroxylation is 1. The Morgan fingerprint density at radius 2 is 1.64 bits per heavy atom. The van der Waals surface area contributed by atoms with Gasteiger partial charge in [-0.15, -0.1) is 0 Å². The van der Waals surface area contributed by atoms with Crippen molar-refractivity contribution in [1.82, 2.24) is 14.8 Å². The number of methoxy groups -OCH3 is 2. The maximum absolute atomic E-state index is 12.8. The van der Waals surface area contributed by atoms with Crippen molar-refractivity contribution in [2.24, 2.45) is 0 Å². The van der Waals surface area contributed by atoms with E-state index in [0.29, 0.717) is 18.9 Å². The third kappa shape index (κ3) is 6.14. The fraction of sp³-hybridized carbons (Fsp3) is 0.385. The van der Waals surface area contributed by atoms with E-state index in [0.717, 1.165) is 67.3 Å². The molecule has 174 valence electrons. The first-order valence-corrected chi connectivity index (χ1v) is 11.4. The van der Waals surface area contributed by atoms with Crippen LogP contribution in [0.5, 0.6) is 11.5 Å². The van der Waals surface area contributed by atoms with Crippen LogP contribution in [0.3, 0.4) is 0 Å². The molecular formula is C26H31N3O4. The maximum Gasteiger partial charge on any atom is 0.226 e. The molecule has 0 atom stereocenters. The summed E-state index contributed by atoms with van der Waals surface area (Å²) in [7, 11) is 3.30. The van der Waals surface area contributed by atoms with Gasteiger partial charge in [0.1, 0.15) is 17.8 Å². The highest BCUT2D eigenvalue weighted by molar-refractivity contribution is 5.76. The predicted molar refractivity (Wildman–Crippen MR) is 126 cm³/mol. The zero-order valence-corrected chi connectivity index (χ0v) is 19.3. The summed E-state index contributed by atoms with van der Waals surface area (Å²) in [6.45, 7) is 4.03.